The van der Waals surface area contributed by atoms with Crippen molar-refractivity contribution in [2.45, 2.75) is 50.0 Å². The monoisotopic (exact) mass is 345 g/mol. The fraction of sp³-hybridized carbons (Fsp3) is 0.500. The highest BCUT2D eigenvalue weighted by molar-refractivity contribution is 7.89. The maximum Gasteiger partial charge on any atom is 0.240 e. The molecule has 6 heteroatoms. The minimum atomic E-state index is -3.43. The van der Waals surface area contributed by atoms with Gasteiger partial charge in [0.2, 0.25) is 10.0 Å². The van der Waals surface area contributed by atoms with Gasteiger partial charge in [-0.1, -0.05) is 6.07 Å². The van der Waals surface area contributed by atoms with E-state index in [1.54, 1.807) is 6.07 Å². The van der Waals surface area contributed by atoms with Crippen molar-refractivity contribution < 1.29 is 8.42 Å². The molecule has 0 amide bonds. The third kappa shape index (κ3) is 3.13. The van der Waals surface area contributed by atoms with E-state index in [4.69, 9.17) is 0 Å². The number of nitrogens with zero attached hydrogens (tertiary/aromatic N) is 2. The molecule has 0 bridgehead atoms. The largest absolute Gasteiger partial charge is 0.335 e. The highest BCUT2D eigenvalue weighted by Gasteiger charge is 2.23. The van der Waals surface area contributed by atoms with Gasteiger partial charge in [0.15, 0.2) is 0 Å². The number of hydrogen-bond donors (Lipinski definition) is 1. The van der Waals surface area contributed by atoms with Gasteiger partial charge in [-0.05, 0) is 61.3 Å². The number of nitrogens with one attached hydrogen (secondary N) is 1. The molecule has 1 aliphatic carbocycles. The van der Waals surface area contributed by atoms with E-state index in [-0.39, 0.29) is 0 Å². The van der Waals surface area contributed by atoms with Gasteiger partial charge in [-0.3, -0.25) is 0 Å². The summed E-state index contributed by atoms with van der Waals surface area (Å²) >= 11 is 0. The maximum atomic E-state index is 12.6. The number of imidazole rings is 1. The van der Waals surface area contributed by atoms with E-state index in [1.807, 2.05) is 24.5 Å². The van der Waals surface area contributed by atoms with E-state index >= 15 is 0 Å². The number of rotatable bonds is 4. The molecule has 2 aliphatic rings. The Hall–Kier alpha value is -1.66. The van der Waals surface area contributed by atoms with Crippen LogP contribution in [-0.2, 0) is 35.8 Å². The van der Waals surface area contributed by atoms with Crippen molar-refractivity contribution in [3.05, 3.63) is 47.5 Å². The van der Waals surface area contributed by atoms with Crippen molar-refractivity contribution in [3.8, 4) is 0 Å². The first-order chi connectivity index (χ1) is 11.6. The minimum absolute atomic E-state index is 0.312. The van der Waals surface area contributed by atoms with Crippen LogP contribution >= 0.6 is 0 Å². The number of aromatic nitrogens is 2. The minimum Gasteiger partial charge on any atom is -0.335 e. The number of aryl methyl sites for hydroxylation is 3. The second kappa shape index (κ2) is 6.33. The van der Waals surface area contributed by atoms with E-state index in [1.165, 1.54) is 17.5 Å². The van der Waals surface area contributed by atoms with Gasteiger partial charge in [-0.2, -0.15) is 0 Å². The Balaban J connectivity index is 1.44. The summed E-state index contributed by atoms with van der Waals surface area (Å²) in [5.74, 6) is 1.37. The summed E-state index contributed by atoms with van der Waals surface area (Å²) in [6.07, 6.45) is 10.0. The Morgan fingerprint density at radius 2 is 2.04 bits per heavy atom. The van der Waals surface area contributed by atoms with Crippen molar-refractivity contribution in [1.29, 1.82) is 0 Å². The van der Waals surface area contributed by atoms with Crippen LogP contribution in [0.1, 0.15) is 36.2 Å². The lowest BCUT2D eigenvalue weighted by Crippen LogP contribution is -2.33. The molecule has 1 N–H and O–H groups in total. The van der Waals surface area contributed by atoms with Gasteiger partial charge in [0, 0.05) is 31.9 Å². The molecule has 1 aromatic carbocycles. The molecule has 24 heavy (non-hydrogen) atoms. The predicted octanol–water partition coefficient (Wildman–Crippen LogP) is 2.30. The molecule has 5 nitrogen and oxygen atoms in total. The molecule has 0 spiro atoms. The normalized spacial score (nSPS) is 20.4. The van der Waals surface area contributed by atoms with Crippen LogP contribution in [0.15, 0.2) is 35.5 Å². The van der Waals surface area contributed by atoms with E-state index < -0.39 is 10.0 Å². The van der Waals surface area contributed by atoms with Crippen molar-refractivity contribution in [2.24, 2.45) is 5.92 Å². The second-order valence-electron chi connectivity index (χ2n) is 6.89. The van der Waals surface area contributed by atoms with Gasteiger partial charge in [-0.15, -0.1) is 0 Å². The van der Waals surface area contributed by atoms with Gasteiger partial charge >= 0.3 is 0 Å². The lowest BCUT2D eigenvalue weighted by molar-refractivity contribution is 0.379. The first kappa shape index (κ1) is 15.8. The molecule has 0 radical (unpaired) electrons. The van der Waals surface area contributed by atoms with Crippen LogP contribution in [-0.4, -0.2) is 24.5 Å². The fourth-order valence-electron chi connectivity index (χ4n) is 3.78. The highest BCUT2D eigenvalue weighted by Crippen LogP contribution is 2.24. The maximum absolute atomic E-state index is 12.6. The number of hydrogen-bond acceptors (Lipinski definition) is 3. The number of fused-ring (bicyclic) bond motifs is 2. The van der Waals surface area contributed by atoms with Crippen LogP contribution in [0.2, 0.25) is 0 Å². The molecule has 1 atom stereocenters. The number of sulfonamides is 1. The van der Waals surface area contributed by atoms with Crippen molar-refractivity contribution in [2.75, 3.05) is 6.54 Å². The quantitative estimate of drug-likeness (QED) is 0.925. The Morgan fingerprint density at radius 3 is 2.92 bits per heavy atom. The Kier molecular flexibility index (Phi) is 4.18. The highest BCUT2D eigenvalue weighted by atomic mass is 32.2. The van der Waals surface area contributed by atoms with Crippen molar-refractivity contribution >= 4 is 10.0 Å². The third-order valence-electron chi connectivity index (χ3n) is 5.24. The topological polar surface area (TPSA) is 64.0 Å². The van der Waals surface area contributed by atoms with Gasteiger partial charge in [0.05, 0.1) is 4.90 Å². The van der Waals surface area contributed by atoms with Gasteiger partial charge < -0.3 is 4.57 Å². The second-order valence-corrected chi connectivity index (χ2v) is 8.65. The first-order valence-electron chi connectivity index (χ1n) is 8.73. The molecule has 2 heterocycles. The molecule has 0 saturated heterocycles. The average molecular weight is 345 g/mol. The third-order valence-corrected chi connectivity index (χ3v) is 6.66. The fourth-order valence-corrected chi connectivity index (χ4v) is 4.94. The standard InChI is InChI=1S/C18H23N3O2S/c22-24(23,17-6-5-15-3-1-2-4-16(15)12-17)20-13-14-7-9-21-10-8-19-18(21)11-14/h5-6,8,10,12,14,20H,1-4,7,9,11,13H2/t14-/m0/s1. The predicted molar refractivity (Wildman–Crippen MR) is 92.3 cm³/mol. The molecule has 0 saturated carbocycles. The molecular weight excluding hydrogens is 322 g/mol. The molecular formula is C18H23N3O2S. The van der Waals surface area contributed by atoms with Crippen LogP contribution in [0.25, 0.3) is 0 Å². The summed E-state index contributed by atoms with van der Waals surface area (Å²) < 4.78 is 30.2. The van der Waals surface area contributed by atoms with Gasteiger partial charge in [0.1, 0.15) is 5.82 Å². The summed E-state index contributed by atoms with van der Waals surface area (Å²) in [5, 5.41) is 0. The van der Waals surface area contributed by atoms with Crippen LogP contribution in [0, 0.1) is 5.92 Å². The zero-order chi connectivity index (χ0) is 16.6. The molecule has 1 aliphatic heterocycles. The van der Waals surface area contributed by atoms with Crippen molar-refractivity contribution in [1.82, 2.24) is 14.3 Å². The lowest BCUT2D eigenvalue weighted by atomic mass is 9.92. The average Bonchev–Trinajstić information content (AvgIpc) is 3.07. The molecule has 4 rings (SSSR count). The number of benzene rings is 1. The molecule has 128 valence electrons. The van der Waals surface area contributed by atoms with E-state index in [0.29, 0.717) is 17.4 Å². The lowest BCUT2D eigenvalue weighted by Gasteiger charge is -2.23. The molecule has 2 aromatic rings. The van der Waals surface area contributed by atoms with Crippen molar-refractivity contribution in [3.63, 3.8) is 0 Å². The SMILES string of the molecule is O=S(=O)(NC[C@H]1CCn2ccnc2C1)c1ccc2c(c1)CCCC2. The summed E-state index contributed by atoms with van der Waals surface area (Å²) in [4.78, 5) is 4.75. The zero-order valence-electron chi connectivity index (χ0n) is 13.7. The Morgan fingerprint density at radius 1 is 1.21 bits per heavy atom. The van der Waals surface area contributed by atoms with Crippen LogP contribution < -0.4 is 4.72 Å². The van der Waals surface area contributed by atoms with E-state index in [2.05, 4.69) is 14.3 Å². The van der Waals surface area contributed by atoms with Crippen LogP contribution in [0.4, 0.5) is 0 Å². The Bertz CT molecular complexity index is 842. The molecule has 1 aromatic heterocycles. The smallest absolute Gasteiger partial charge is 0.240 e. The summed E-state index contributed by atoms with van der Waals surface area (Å²) in [7, 11) is -3.43. The summed E-state index contributed by atoms with van der Waals surface area (Å²) in [6, 6.07) is 5.60. The van der Waals surface area contributed by atoms with Gasteiger partial charge in [-0.25, -0.2) is 18.1 Å². The summed E-state index contributed by atoms with van der Waals surface area (Å²) in [6.45, 7) is 1.40. The molecule has 0 fully saturated rings. The first-order valence-corrected chi connectivity index (χ1v) is 10.2. The zero-order valence-corrected chi connectivity index (χ0v) is 14.6. The van der Waals surface area contributed by atoms with E-state index in [9.17, 15) is 8.42 Å². The Labute approximate surface area is 143 Å². The summed E-state index contributed by atoms with van der Waals surface area (Å²) in [5.41, 5.74) is 2.50. The van der Waals surface area contributed by atoms with Gasteiger partial charge in [0.25, 0.3) is 0 Å². The van der Waals surface area contributed by atoms with E-state index in [0.717, 1.165) is 44.5 Å². The molecule has 0 unspecified atom stereocenters. The van der Waals surface area contributed by atoms with Crippen LogP contribution in [0.3, 0.4) is 0 Å². The van der Waals surface area contributed by atoms with Crippen LogP contribution in [0.5, 0.6) is 0 Å².